The maximum atomic E-state index is 13.9. The Morgan fingerprint density at radius 3 is 2.24 bits per heavy atom. The van der Waals surface area contributed by atoms with Gasteiger partial charge in [0.15, 0.2) is 0 Å². The minimum absolute atomic E-state index is 0.172. The Balaban J connectivity index is 1.34. The van der Waals surface area contributed by atoms with Gasteiger partial charge in [-0.25, -0.2) is 4.79 Å². The van der Waals surface area contributed by atoms with Gasteiger partial charge in [-0.15, -0.1) is 0 Å². The van der Waals surface area contributed by atoms with E-state index in [0.29, 0.717) is 19.0 Å². The Bertz CT molecular complexity index is 1480. The van der Waals surface area contributed by atoms with Gasteiger partial charge in [-0.1, -0.05) is 0 Å². The number of amides is 1. The topological polar surface area (TPSA) is 92.6 Å². The number of carbonyl (C=O) groups excluding carboxylic acids is 1. The first-order valence-electron chi connectivity index (χ1n) is 14.8. The normalized spacial score (nSPS) is 16.9. The summed E-state index contributed by atoms with van der Waals surface area (Å²) in [5.74, 6) is 0.494. The van der Waals surface area contributed by atoms with E-state index in [0.717, 1.165) is 70.3 Å². The van der Waals surface area contributed by atoms with Crippen molar-refractivity contribution in [2.75, 3.05) is 36.4 Å². The van der Waals surface area contributed by atoms with Gasteiger partial charge in [0.1, 0.15) is 5.60 Å². The van der Waals surface area contributed by atoms with Gasteiger partial charge in [0.05, 0.1) is 0 Å². The molecule has 1 aromatic carbocycles. The average molecular weight is 667 g/mol. The monoisotopic (exact) mass is 668 g/mol. The first-order valence-corrected chi connectivity index (χ1v) is 24.8. The van der Waals surface area contributed by atoms with E-state index in [4.69, 9.17) is 9.72 Å². The fourth-order valence-electron chi connectivity index (χ4n) is 6.14. The van der Waals surface area contributed by atoms with E-state index in [9.17, 15) is 9.59 Å². The van der Waals surface area contributed by atoms with Gasteiger partial charge in [-0.2, -0.15) is 0 Å². The molecule has 5 rings (SSSR count). The van der Waals surface area contributed by atoms with Crippen LogP contribution in [-0.2, 0) is 4.74 Å². The molecule has 10 heteroatoms. The second-order valence-corrected chi connectivity index (χ2v) is 27.7. The number of anilines is 3. The molecule has 2 fully saturated rings. The van der Waals surface area contributed by atoms with Crippen LogP contribution in [0.25, 0.3) is 11.0 Å². The van der Waals surface area contributed by atoms with E-state index in [1.807, 2.05) is 43.7 Å². The Labute approximate surface area is 247 Å². The van der Waals surface area contributed by atoms with Gasteiger partial charge in [0, 0.05) is 26.2 Å². The van der Waals surface area contributed by atoms with Crippen LogP contribution >= 0.6 is 0 Å². The summed E-state index contributed by atoms with van der Waals surface area (Å²) >= 11 is -2.69. The number of carbonyl (C=O) groups is 1. The second kappa shape index (κ2) is 11.5. The van der Waals surface area contributed by atoms with Gasteiger partial charge >= 0.3 is 181 Å². The molecular weight excluding hydrogens is 623 g/mol. The summed E-state index contributed by atoms with van der Waals surface area (Å²) in [7, 11) is 0. The molecule has 2 aliphatic rings. The molecule has 0 spiro atoms. The number of rotatable bonds is 5. The Hall–Kier alpha value is -2.82. The number of aromatic nitrogens is 3. The number of hydrogen-bond acceptors (Lipinski definition) is 7. The standard InChI is InChI=1S/C28H35N6O3.3CH3.Sn/c1-19-17-24(35)34(22-7-5-6-8-22)25-23(19)18-29-26(31-25)30-20-9-11-21(12-10-20)32-13-15-33(16-14-32)27(36)37-28(2,3)4;;;;/h9-12,18,22H,5-8,13-16H2,1-4H3,(H,29,30,31);3*1H3;. The molecule has 1 N–H and O–H groups in total. The van der Waals surface area contributed by atoms with Gasteiger partial charge < -0.3 is 9.64 Å². The van der Waals surface area contributed by atoms with Gasteiger partial charge in [-0.3, -0.25) is 0 Å². The molecule has 1 amide bonds. The van der Waals surface area contributed by atoms with Gasteiger partial charge in [0.25, 0.3) is 0 Å². The third-order valence-corrected chi connectivity index (χ3v) is 14.0. The zero-order valence-electron chi connectivity index (χ0n) is 25.6. The maximum absolute atomic E-state index is 13.9. The van der Waals surface area contributed by atoms with Crippen molar-refractivity contribution in [3.05, 3.63) is 46.4 Å². The molecule has 0 unspecified atom stereocenters. The van der Waals surface area contributed by atoms with Crippen LogP contribution < -0.4 is 19.4 Å². The number of pyridine rings is 1. The molecular formula is C31H44N6O3Sn. The van der Waals surface area contributed by atoms with E-state index >= 15 is 0 Å². The molecule has 2 aromatic heterocycles. The number of nitrogens with one attached hydrogen (secondary N) is 1. The van der Waals surface area contributed by atoms with Gasteiger partial charge in [0.2, 0.25) is 0 Å². The number of hydrogen-bond donors (Lipinski definition) is 1. The molecule has 9 nitrogen and oxygen atoms in total. The van der Waals surface area contributed by atoms with Crippen LogP contribution in [0.5, 0.6) is 0 Å². The van der Waals surface area contributed by atoms with E-state index in [1.54, 1.807) is 4.90 Å². The molecule has 1 aliphatic carbocycles. The quantitative estimate of drug-likeness (QED) is 0.357. The molecule has 3 aromatic rings. The molecule has 0 radical (unpaired) electrons. The number of aryl methyl sites for hydroxylation is 1. The molecule has 1 saturated heterocycles. The van der Waals surface area contributed by atoms with Crippen molar-refractivity contribution in [1.29, 1.82) is 0 Å². The van der Waals surface area contributed by atoms with Crippen molar-refractivity contribution in [2.24, 2.45) is 0 Å². The average Bonchev–Trinajstić information content (AvgIpc) is 3.42. The summed E-state index contributed by atoms with van der Waals surface area (Å²) in [6, 6.07) is 8.41. The third-order valence-electron chi connectivity index (χ3n) is 8.07. The van der Waals surface area contributed by atoms with Crippen LogP contribution in [0, 0.1) is 6.92 Å². The number of fused-ring (bicyclic) bond motifs is 1. The SMILES string of the molecule is Cc1[c]([Sn]([CH3])([CH3])[CH3])c(=O)n(C2CCCC2)c2nc(Nc3ccc(N4CCN(C(=O)OC(C)(C)C)CC4)cc3)ncc12. The van der Waals surface area contributed by atoms with Crippen LogP contribution in [0.1, 0.15) is 58.1 Å². The van der Waals surface area contributed by atoms with E-state index < -0.39 is 24.0 Å². The molecule has 1 aliphatic heterocycles. The van der Waals surface area contributed by atoms with Crippen molar-refractivity contribution in [1.82, 2.24) is 19.4 Å². The fourth-order valence-corrected chi connectivity index (χ4v) is 11.9. The molecule has 0 atom stereocenters. The molecule has 220 valence electrons. The zero-order valence-corrected chi connectivity index (χ0v) is 28.4. The van der Waals surface area contributed by atoms with E-state index in [2.05, 4.69) is 49.1 Å². The summed E-state index contributed by atoms with van der Waals surface area (Å²) in [4.78, 5) is 46.9. The van der Waals surface area contributed by atoms with Crippen LogP contribution in [-0.4, -0.2) is 75.7 Å². The fraction of sp³-hybridized carbons (Fsp3) is 0.548. The van der Waals surface area contributed by atoms with Gasteiger partial charge in [-0.05, 0) is 20.8 Å². The second-order valence-electron chi connectivity index (χ2n) is 13.4. The number of ether oxygens (including phenoxy) is 1. The van der Waals surface area contributed by atoms with Crippen LogP contribution in [0.2, 0.25) is 14.8 Å². The van der Waals surface area contributed by atoms with Crippen LogP contribution in [0.3, 0.4) is 0 Å². The number of benzene rings is 1. The Morgan fingerprint density at radius 2 is 1.66 bits per heavy atom. The zero-order chi connectivity index (χ0) is 29.5. The van der Waals surface area contributed by atoms with E-state index in [-0.39, 0.29) is 17.7 Å². The summed E-state index contributed by atoms with van der Waals surface area (Å²) in [6.45, 7) is 10.5. The predicted octanol–water partition coefficient (Wildman–Crippen LogP) is 5.56. The molecule has 0 bridgehead atoms. The first-order chi connectivity index (χ1) is 19.3. The summed E-state index contributed by atoms with van der Waals surface area (Å²) in [6.07, 6.45) is 6.00. The summed E-state index contributed by atoms with van der Waals surface area (Å²) < 4.78 is 8.58. The van der Waals surface area contributed by atoms with E-state index in [1.165, 1.54) is 0 Å². The van der Waals surface area contributed by atoms with Crippen molar-refractivity contribution < 1.29 is 9.53 Å². The van der Waals surface area contributed by atoms with Crippen molar-refractivity contribution in [3.8, 4) is 0 Å². The van der Waals surface area contributed by atoms with Crippen molar-refractivity contribution in [2.45, 2.75) is 79.8 Å². The number of piperazine rings is 1. The first kappa shape index (κ1) is 29.7. The molecule has 3 heterocycles. The van der Waals surface area contributed by atoms with Crippen molar-refractivity contribution >= 4 is 56.4 Å². The van der Waals surface area contributed by atoms with Crippen LogP contribution in [0.4, 0.5) is 22.1 Å². The Morgan fingerprint density at radius 1 is 1.02 bits per heavy atom. The minimum atomic E-state index is -2.69. The molecule has 1 saturated carbocycles. The summed E-state index contributed by atoms with van der Waals surface area (Å²) in [5.41, 5.74) is 3.47. The summed E-state index contributed by atoms with van der Waals surface area (Å²) in [5, 5.41) is 4.35. The Kier molecular flexibility index (Phi) is 8.29. The number of nitrogens with zero attached hydrogens (tertiary/aromatic N) is 5. The third kappa shape index (κ3) is 6.49. The predicted molar refractivity (Wildman–Crippen MR) is 169 cm³/mol. The van der Waals surface area contributed by atoms with Crippen LogP contribution in [0.15, 0.2) is 35.3 Å². The van der Waals surface area contributed by atoms with Crippen molar-refractivity contribution in [3.63, 3.8) is 0 Å². The molecule has 41 heavy (non-hydrogen) atoms.